The average molecular weight is 427 g/mol. The summed E-state index contributed by atoms with van der Waals surface area (Å²) >= 11 is 0. The monoisotopic (exact) mass is 427 g/mol. The number of anilines is 2. The Labute approximate surface area is 174 Å². The minimum atomic E-state index is -3.72. The SMILES string of the molecule is CCOC(=O)c1cnc2ccc(C(=O)NS(C)(=O)=O)cc2c1Nc1ccc(C)cc1. The highest BCUT2D eigenvalue weighted by Crippen LogP contribution is 2.30. The van der Waals surface area contributed by atoms with Gasteiger partial charge in [0.05, 0.1) is 24.1 Å². The van der Waals surface area contributed by atoms with Crippen LogP contribution in [0.15, 0.2) is 48.7 Å². The van der Waals surface area contributed by atoms with Crippen molar-refractivity contribution in [3.05, 3.63) is 65.4 Å². The van der Waals surface area contributed by atoms with Crippen molar-refractivity contribution in [2.24, 2.45) is 0 Å². The van der Waals surface area contributed by atoms with Gasteiger partial charge in [-0.15, -0.1) is 0 Å². The summed E-state index contributed by atoms with van der Waals surface area (Å²) in [5.41, 5.74) is 3.05. The molecular weight excluding hydrogens is 406 g/mol. The molecule has 1 aromatic heterocycles. The van der Waals surface area contributed by atoms with Gasteiger partial charge in [-0.1, -0.05) is 17.7 Å². The van der Waals surface area contributed by atoms with Gasteiger partial charge < -0.3 is 10.1 Å². The van der Waals surface area contributed by atoms with Gasteiger partial charge in [0.15, 0.2) is 0 Å². The molecule has 2 aromatic carbocycles. The predicted octanol–water partition coefficient (Wildman–Crippen LogP) is 3.15. The molecule has 0 aliphatic heterocycles. The van der Waals surface area contributed by atoms with Crippen molar-refractivity contribution >= 4 is 44.2 Å². The summed E-state index contributed by atoms with van der Waals surface area (Å²) in [6, 6.07) is 12.1. The normalized spacial score (nSPS) is 11.2. The fraction of sp³-hybridized carbons (Fsp3) is 0.190. The molecule has 2 N–H and O–H groups in total. The molecule has 0 saturated carbocycles. The van der Waals surface area contributed by atoms with Crippen LogP contribution in [0.5, 0.6) is 0 Å². The fourth-order valence-electron chi connectivity index (χ4n) is 2.84. The lowest BCUT2D eigenvalue weighted by molar-refractivity contribution is 0.0527. The van der Waals surface area contributed by atoms with E-state index in [2.05, 4.69) is 10.3 Å². The lowest BCUT2D eigenvalue weighted by Crippen LogP contribution is -2.29. The molecule has 8 nitrogen and oxygen atoms in total. The van der Waals surface area contributed by atoms with Gasteiger partial charge in [-0.3, -0.25) is 9.78 Å². The Kier molecular flexibility index (Phi) is 6.02. The highest BCUT2D eigenvalue weighted by Gasteiger charge is 2.19. The molecule has 156 valence electrons. The number of aryl methyl sites for hydroxylation is 1. The van der Waals surface area contributed by atoms with Crippen LogP contribution in [0, 0.1) is 6.92 Å². The molecule has 30 heavy (non-hydrogen) atoms. The maximum atomic E-state index is 12.5. The number of esters is 1. The number of hydrogen-bond donors (Lipinski definition) is 2. The number of sulfonamides is 1. The van der Waals surface area contributed by atoms with Gasteiger partial charge in [-0.05, 0) is 44.2 Å². The first kappa shape index (κ1) is 21.3. The number of ether oxygens (including phenoxy) is 1. The Morgan fingerprint density at radius 3 is 2.43 bits per heavy atom. The first-order valence-electron chi connectivity index (χ1n) is 9.13. The molecule has 0 fully saturated rings. The average Bonchev–Trinajstić information content (AvgIpc) is 2.68. The number of hydrogen-bond acceptors (Lipinski definition) is 7. The molecule has 1 heterocycles. The second kappa shape index (κ2) is 8.50. The van der Waals surface area contributed by atoms with Gasteiger partial charge in [0.25, 0.3) is 5.91 Å². The van der Waals surface area contributed by atoms with E-state index in [1.54, 1.807) is 13.0 Å². The third-order valence-electron chi connectivity index (χ3n) is 4.22. The van der Waals surface area contributed by atoms with Crippen LogP contribution in [0.25, 0.3) is 10.9 Å². The zero-order chi connectivity index (χ0) is 21.9. The largest absolute Gasteiger partial charge is 0.462 e. The van der Waals surface area contributed by atoms with E-state index in [-0.39, 0.29) is 17.7 Å². The number of carbonyl (C=O) groups is 2. The third-order valence-corrected chi connectivity index (χ3v) is 4.78. The van der Waals surface area contributed by atoms with Gasteiger partial charge >= 0.3 is 5.97 Å². The van der Waals surface area contributed by atoms with Crippen LogP contribution < -0.4 is 10.0 Å². The van der Waals surface area contributed by atoms with Crippen LogP contribution in [0.2, 0.25) is 0 Å². The van der Waals surface area contributed by atoms with Crippen molar-refractivity contribution in [1.29, 1.82) is 0 Å². The van der Waals surface area contributed by atoms with Crippen LogP contribution in [0.1, 0.15) is 33.2 Å². The third kappa shape index (κ3) is 4.93. The molecule has 0 spiro atoms. The van der Waals surface area contributed by atoms with Crippen molar-refractivity contribution in [2.45, 2.75) is 13.8 Å². The molecule has 0 unspecified atom stereocenters. The first-order chi connectivity index (χ1) is 14.2. The summed E-state index contributed by atoms with van der Waals surface area (Å²) in [5.74, 6) is -1.34. The predicted molar refractivity (Wildman–Crippen MR) is 114 cm³/mol. The summed E-state index contributed by atoms with van der Waals surface area (Å²) in [7, 11) is -3.72. The molecule has 0 aliphatic rings. The number of nitrogens with zero attached hydrogens (tertiary/aromatic N) is 1. The number of nitrogens with one attached hydrogen (secondary N) is 2. The Bertz CT molecular complexity index is 1220. The van der Waals surface area contributed by atoms with Gasteiger partial charge in [0, 0.05) is 22.8 Å². The maximum absolute atomic E-state index is 12.5. The number of carbonyl (C=O) groups excluding carboxylic acids is 2. The zero-order valence-electron chi connectivity index (χ0n) is 16.7. The molecule has 0 saturated heterocycles. The number of rotatable bonds is 6. The molecule has 0 atom stereocenters. The molecular formula is C21H21N3O5S. The topological polar surface area (TPSA) is 114 Å². The van der Waals surface area contributed by atoms with Gasteiger partial charge in [-0.2, -0.15) is 0 Å². The summed E-state index contributed by atoms with van der Waals surface area (Å²) < 4.78 is 29.9. The van der Waals surface area contributed by atoms with E-state index >= 15 is 0 Å². The summed E-state index contributed by atoms with van der Waals surface area (Å²) in [4.78, 5) is 29.1. The molecule has 0 radical (unpaired) electrons. The Morgan fingerprint density at radius 2 is 1.80 bits per heavy atom. The van der Waals surface area contributed by atoms with Crippen LogP contribution in [0.3, 0.4) is 0 Å². The van der Waals surface area contributed by atoms with Crippen LogP contribution in [0.4, 0.5) is 11.4 Å². The number of amides is 1. The van der Waals surface area contributed by atoms with Crippen LogP contribution in [-0.2, 0) is 14.8 Å². The van der Waals surface area contributed by atoms with Crippen LogP contribution in [-0.4, -0.2) is 38.1 Å². The summed E-state index contributed by atoms with van der Waals surface area (Å²) in [6.07, 6.45) is 2.31. The summed E-state index contributed by atoms with van der Waals surface area (Å²) in [5, 5.41) is 3.68. The Morgan fingerprint density at radius 1 is 1.10 bits per heavy atom. The number of fused-ring (bicyclic) bond motifs is 1. The van der Waals surface area contributed by atoms with E-state index in [0.717, 1.165) is 17.5 Å². The lowest BCUT2D eigenvalue weighted by atomic mass is 10.1. The maximum Gasteiger partial charge on any atom is 0.341 e. The standard InChI is InChI=1S/C21H21N3O5S/c1-4-29-21(26)17-12-22-18-10-7-14(20(25)24-30(3,27)28)11-16(18)19(17)23-15-8-5-13(2)6-9-15/h5-12H,4H2,1-3H3,(H,22,23)(H,24,25). The molecule has 0 aliphatic carbocycles. The van der Waals surface area contributed by atoms with Crippen molar-refractivity contribution in [1.82, 2.24) is 9.71 Å². The molecule has 3 rings (SSSR count). The first-order valence-corrected chi connectivity index (χ1v) is 11.0. The number of pyridine rings is 1. The minimum Gasteiger partial charge on any atom is -0.462 e. The van der Waals surface area contributed by atoms with Crippen LogP contribution >= 0.6 is 0 Å². The van der Waals surface area contributed by atoms with E-state index in [9.17, 15) is 18.0 Å². The summed E-state index contributed by atoms with van der Waals surface area (Å²) in [6.45, 7) is 3.85. The van der Waals surface area contributed by atoms with Crippen molar-refractivity contribution in [3.63, 3.8) is 0 Å². The fourth-order valence-corrected chi connectivity index (χ4v) is 3.30. The molecule has 0 bridgehead atoms. The number of benzene rings is 2. The molecule has 3 aromatic rings. The van der Waals surface area contributed by atoms with E-state index in [1.165, 1.54) is 18.3 Å². The second-order valence-corrected chi connectivity index (χ2v) is 8.44. The quantitative estimate of drug-likeness (QED) is 0.581. The van der Waals surface area contributed by atoms with E-state index in [1.807, 2.05) is 35.9 Å². The van der Waals surface area contributed by atoms with Crippen molar-refractivity contribution < 1.29 is 22.7 Å². The Balaban J connectivity index is 2.16. The smallest absolute Gasteiger partial charge is 0.341 e. The number of aromatic nitrogens is 1. The Hall–Kier alpha value is -3.46. The lowest BCUT2D eigenvalue weighted by Gasteiger charge is -2.15. The van der Waals surface area contributed by atoms with Gasteiger partial charge in [-0.25, -0.2) is 17.9 Å². The highest BCUT2D eigenvalue weighted by atomic mass is 32.2. The molecule has 9 heteroatoms. The van der Waals surface area contributed by atoms with Gasteiger partial charge in [0.1, 0.15) is 5.56 Å². The van der Waals surface area contributed by atoms with Gasteiger partial charge in [0.2, 0.25) is 10.0 Å². The molecule has 1 amide bonds. The highest BCUT2D eigenvalue weighted by molar-refractivity contribution is 7.89. The minimum absolute atomic E-state index is 0.114. The van der Waals surface area contributed by atoms with Crippen molar-refractivity contribution in [3.8, 4) is 0 Å². The van der Waals surface area contributed by atoms with E-state index in [0.29, 0.717) is 16.6 Å². The zero-order valence-corrected chi connectivity index (χ0v) is 17.5. The van der Waals surface area contributed by atoms with E-state index in [4.69, 9.17) is 4.74 Å². The van der Waals surface area contributed by atoms with Crippen molar-refractivity contribution in [2.75, 3.05) is 18.2 Å². The second-order valence-electron chi connectivity index (χ2n) is 6.69. The van der Waals surface area contributed by atoms with E-state index < -0.39 is 21.9 Å².